The van der Waals surface area contributed by atoms with Crippen molar-refractivity contribution in [3.63, 3.8) is 0 Å². The van der Waals surface area contributed by atoms with Crippen molar-refractivity contribution in [3.05, 3.63) is 53.7 Å². The Morgan fingerprint density at radius 3 is 2.71 bits per heavy atom. The van der Waals surface area contributed by atoms with Gasteiger partial charge in [-0.25, -0.2) is 0 Å². The molecule has 0 N–H and O–H groups in total. The van der Waals surface area contributed by atoms with Crippen molar-refractivity contribution < 1.29 is 0 Å². The predicted octanol–water partition coefficient (Wildman–Crippen LogP) is 3.80. The fraction of sp³-hybridized carbons (Fsp3) is 0.312. The molecule has 2 aromatic rings. The summed E-state index contributed by atoms with van der Waals surface area (Å²) >= 11 is 0. The van der Waals surface area contributed by atoms with Crippen molar-refractivity contribution in [1.29, 1.82) is 0 Å². The molecule has 2 bridgehead atoms. The summed E-state index contributed by atoms with van der Waals surface area (Å²) in [5.74, 6) is 1.78. The van der Waals surface area contributed by atoms with Gasteiger partial charge in [0.15, 0.2) is 0 Å². The lowest BCUT2D eigenvalue weighted by Crippen LogP contribution is -2.30. The van der Waals surface area contributed by atoms with Crippen LogP contribution in [-0.4, -0.2) is 4.98 Å². The van der Waals surface area contributed by atoms with Gasteiger partial charge in [0, 0.05) is 11.8 Å². The van der Waals surface area contributed by atoms with Crippen molar-refractivity contribution in [2.75, 3.05) is 0 Å². The van der Waals surface area contributed by atoms with E-state index in [0.717, 1.165) is 17.5 Å². The number of benzene rings is 1. The molecule has 0 saturated heterocycles. The van der Waals surface area contributed by atoms with Gasteiger partial charge in [0.25, 0.3) is 0 Å². The average Bonchev–Trinajstić information content (AvgIpc) is 2.37. The maximum atomic E-state index is 4.62. The van der Waals surface area contributed by atoms with Gasteiger partial charge < -0.3 is 0 Å². The molecule has 0 amide bonds. The van der Waals surface area contributed by atoms with Gasteiger partial charge in [0.05, 0.1) is 5.69 Å². The average molecular weight is 221 g/mol. The largest absolute Gasteiger partial charge is 0.256 e. The second kappa shape index (κ2) is 3.43. The molecule has 17 heavy (non-hydrogen) atoms. The number of nitrogens with zero attached hydrogens (tertiary/aromatic N) is 1. The van der Waals surface area contributed by atoms with Crippen LogP contribution in [0.25, 0.3) is 11.3 Å². The lowest BCUT2D eigenvalue weighted by molar-refractivity contribution is 0.237. The number of aromatic nitrogens is 1. The Kier molecular flexibility index (Phi) is 1.90. The first-order valence-corrected chi connectivity index (χ1v) is 6.44. The zero-order valence-electron chi connectivity index (χ0n) is 9.76. The van der Waals surface area contributed by atoms with E-state index in [9.17, 15) is 0 Å². The quantitative estimate of drug-likeness (QED) is 0.713. The second-order valence-electron chi connectivity index (χ2n) is 5.37. The Hall–Kier alpha value is -1.63. The first-order chi connectivity index (χ1) is 8.40. The number of rotatable bonds is 1. The first kappa shape index (κ1) is 9.41. The molecular weight excluding hydrogens is 206 g/mol. The van der Waals surface area contributed by atoms with Crippen LogP contribution < -0.4 is 0 Å². The van der Waals surface area contributed by atoms with Crippen molar-refractivity contribution in [2.24, 2.45) is 5.92 Å². The zero-order valence-corrected chi connectivity index (χ0v) is 9.76. The van der Waals surface area contributed by atoms with Gasteiger partial charge >= 0.3 is 0 Å². The van der Waals surface area contributed by atoms with E-state index in [1.54, 1.807) is 5.56 Å². The number of pyridine rings is 1. The molecule has 1 aromatic heterocycles. The fourth-order valence-electron chi connectivity index (χ4n) is 3.28. The minimum absolute atomic E-state index is 0.828. The van der Waals surface area contributed by atoms with E-state index in [4.69, 9.17) is 0 Å². The minimum Gasteiger partial charge on any atom is -0.256 e. The van der Waals surface area contributed by atoms with Gasteiger partial charge in [-0.1, -0.05) is 30.3 Å². The molecular formula is C16H15N. The molecule has 1 fully saturated rings. The Morgan fingerprint density at radius 1 is 1.06 bits per heavy atom. The molecule has 84 valence electrons. The number of hydrogen-bond acceptors (Lipinski definition) is 1. The molecule has 1 aromatic carbocycles. The molecule has 0 radical (unpaired) electrons. The lowest BCUT2D eigenvalue weighted by Gasteiger charge is -2.42. The molecule has 0 aliphatic heterocycles. The summed E-state index contributed by atoms with van der Waals surface area (Å²) in [6.07, 6.45) is 6.18. The highest BCUT2D eigenvalue weighted by molar-refractivity contribution is 5.61. The van der Waals surface area contributed by atoms with Crippen LogP contribution in [-0.2, 0) is 6.42 Å². The molecule has 1 saturated carbocycles. The van der Waals surface area contributed by atoms with E-state index in [2.05, 4.69) is 47.6 Å². The van der Waals surface area contributed by atoms with Gasteiger partial charge in [-0.05, 0) is 48.3 Å². The van der Waals surface area contributed by atoms with Crippen molar-refractivity contribution in [3.8, 4) is 11.3 Å². The van der Waals surface area contributed by atoms with Crippen LogP contribution in [0.1, 0.15) is 29.9 Å². The molecule has 0 unspecified atom stereocenters. The first-order valence-electron chi connectivity index (χ1n) is 6.44. The van der Waals surface area contributed by atoms with Crippen molar-refractivity contribution >= 4 is 0 Å². The fourth-order valence-corrected chi connectivity index (χ4v) is 3.28. The van der Waals surface area contributed by atoms with Crippen LogP contribution in [0.5, 0.6) is 0 Å². The Bertz CT molecular complexity index is 553. The highest BCUT2D eigenvalue weighted by atomic mass is 14.7. The molecule has 5 rings (SSSR count). The van der Waals surface area contributed by atoms with E-state index < -0.39 is 0 Å². The summed E-state index contributed by atoms with van der Waals surface area (Å²) < 4.78 is 0. The lowest BCUT2D eigenvalue weighted by atomic mass is 9.63. The summed E-state index contributed by atoms with van der Waals surface area (Å²) in [6.45, 7) is 0. The Morgan fingerprint density at radius 2 is 1.88 bits per heavy atom. The van der Waals surface area contributed by atoms with E-state index in [-0.39, 0.29) is 0 Å². The molecule has 3 aliphatic carbocycles. The highest BCUT2D eigenvalue weighted by Gasteiger charge is 2.37. The minimum atomic E-state index is 0.828. The van der Waals surface area contributed by atoms with Crippen LogP contribution in [0.3, 0.4) is 0 Å². The molecule has 0 atom stereocenters. The monoisotopic (exact) mass is 221 g/mol. The predicted molar refractivity (Wildman–Crippen MR) is 68.8 cm³/mol. The van der Waals surface area contributed by atoms with E-state index in [1.807, 2.05) is 0 Å². The van der Waals surface area contributed by atoms with E-state index in [1.165, 1.54) is 30.4 Å². The molecule has 1 heterocycles. The molecule has 1 heteroatoms. The third-order valence-electron chi connectivity index (χ3n) is 4.28. The maximum absolute atomic E-state index is 4.62. The molecule has 0 spiro atoms. The summed E-state index contributed by atoms with van der Waals surface area (Å²) in [4.78, 5) is 4.62. The van der Waals surface area contributed by atoms with E-state index >= 15 is 0 Å². The van der Waals surface area contributed by atoms with Gasteiger partial charge in [-0.2, -0.15) is 0 Å². The maximum Gasteiger partial charge on any atom is 0.0705 e. The molecule has 3 aliphatic rings. The van der Waals surface area contributed by atoms with Crippen LogP contribution >= 0.6 is 0 Å². The summed E-state index contributed by atoms with van der Waals surface area (Å²) in [5, 5.41) is 0. The van der Waals surface area contributed by atoms with Gasteiger partial charge in [0.1, 0.15) is 0 Å². The third kappa shape index (κ3) is 1.42. The van der Waals surface area contributed by atoms with Crippen molar-refractivity contribution in [1.82, 2.24) is 4.98 Å². The topological polar surface area (TPSA) is 12.9 Å². The summed E-state index contributed by atoms with van der Waals surface area (Å²) in [6, 6.07) is 12.8. The second-order valence-corrected chi connectivity index (χ2v) is 5.37. The van der Waals surface area contributed by atoms with Gasteiger partial charge in [0.2, 0.25) is 0 Å². The van der Waals surface area contributed by atoms with E-state index in [0.29, 0.717) is 0 Å². The summed E-state index contributed by atoms with van der Waals surface area (Å²) in [5.41, 5.74) is 5.44. The van der Waals surface area contributed by atoms with Crippen LogP contribution in [0.2, 0.25) is 0 Å². The highest BCUT2D eigenvalue weighted by Crippen LogP contribution is 2.49. The van der Waals surface area contributed by atoms with Crippen molar-refractivity contribution in [2.45, 2.75) is 25.2 Å². The normalized spacial score (nSPS) is 24.9. The van der Waals surface area contributed by atoms with Gasteiger partial charge in [-0.15, -0.1) is 0 Å². The SMILES string of the molecule is c1ccc(-c2cc3c(cn2)CC2CC3C2)cc1. The Balaban J connectivity index is 1.81. The van der Waals surface area contributed by atoms with Gasteiger partial charge in [-0.3, -0.25) is 4.98 Å². The third-order valence-corrected chi connectivity index (χ3v) is 4.28. The van der Waals surface area contributed by atoms with Crippen LogP contribution in [0.4, 0.5) is 0 Å². The Labute approximate surface area is 102 Å². The zero-order chi connectivity index (χ0) is 11.2. The smallest absolute Gasteiger partial charge is 0.0705 e. The molecule has 1 nitrogen and oxygen atoms in total. The standard InChI is InChI=1S/C16H15N/c1-2-4-12(5-3-1)16-9-15-13-6-11(7-13)8-14(15)10-17-16/h1-5,9-11,13H,6-8H2. The van der Waals surface area contributed by atoms with Crippen LogP contribution in [0.15, 0.2) is 42.6 Å². The van der Waals surface area contributed by atoms with Crippen LogP contribution in [0, 0.1) is 5.92 Å². The number of hydrogen-bond donors (Lipinski definition) is 0. The summed E-state index contributed by atoms with van der Waals surface area (Å²) in [7, 11) is 0.